The molecular formula is C12H17NO3. The lowest BCUT2D eigenvalue weighted by Gasteiger charge is -2.10. The van der Waals surface area contributed by atoms with E-state index in [-0.39, 0.29) is 12.5 Å². The van der Waals surface area contributed by atoms with E-state index in [2.05, 4.69) is 5.32 Å². The highest BCUT2D eigenvalue weighted by molar-refractivity contribution is 5.80. The van der Waals surface area contributed by atoms with Crippen molar-refractivity contribution >= 4 is 5.91 Å². The molecule has 0 spiro atoms. The van der Waals surface area contributed by atoms with E-state index in [0.717, 1.165) is 11.1 Å². The van der Waals surface area contributed by atoms with Crippen LogP contribution in [0.2, 0.25) is 0 Å². The van der Waals surface area contributed by atoms with Gasteiger partial charge in [-0.15, -0.1) is 0 Å². The summed E-state index contributed by atoms with van der Waals surface area (Å²) < 4.78 is 4.89. The molecule has 4 nitrogen and oxygen atoms in total. The number of rotatable bonds is 5. The lowest BCUT2D eigenvalue weighted by Crippen LogP contribution is -2.33. The average molecular weight is 223 g/mol. The van der Waals surface area contributed by atoms with Crippen molar-refractivity contribution in [3.63, 3.8) is 0 Å². The van der Waals surface area contributed by atoms with E-state index in [9.17, 15) is 4.79 Å². The van der Waals surface area contributed by atoms with Crippen molar-refractivity contribution in [2.75, 3.05) is 7.11 Å². The van der Waals surface area contributed by atoms with Crippen molar-refractivity contribution in [3.05, 3.63) is 35.4 Å². The van der Waals surface area contributed by atoms with E-state index in [1.807, 2.05) is 24.3 Å². The maximum absolute atomic E-state index is 11.4. The molecule has 1 aromatic carbocycles. The minimum atomic E-state index is -0.434. The molecule has 88 valence electrons. The number of carbonyl (C=O) groups excluding carboxylic acids is 1. The van der Waals surface area contributed by atoms with Crippen LogP contribution in [0.3, 0.4) is 0 Å². The van der Waals surface area contributed by atoms with E-state index in [0.29, 0.717) is 6.54 Å². The van der Waals surface area contributed by atoms with Crippen LogP contribution in [0, 0.1) is 0 Å². The largest absolute Gasteiger partial charge is 0.392 e. The molecule has 0 saturated carbocycles. The SMILES string of the molecule is COC(C)C(=O)NCc1ccc(CO)cc1. The summed E-state index contributed by atoms with van der Waals surface area (Å²) in [6.07, 6.45) is -0.434. The number of methoxy groups -OCH3 is 1. The monoisotopic (exact) mass is 223 g/mol. The number of aliphatic hydroxyl groups is 1. The minimum absolute atomic E-state index is 0.0351. The summed E-state index contributed by atoms with van der Waals surface area (Å²) >= 11 is 0. The Morgan fingerprint density at radius 2 is 1.94 bits per heavy atom. The smallest absolute Gasteiger partial charge is 0.249 e. The first-order valence-corrected chi connectivity index (χ1v) is 5.16. The predicted molar refractivity (Wildman–Crippen MR) is 60.7 cm³/mol. The fourth-order valence-corrected chi connectivity index (χ4v) is 1.20. The van der Waals surface area contributed by atoms with Crippen molar-refractivity contribution in [1.29, 1.82) is 0 Å². The Bertz CT molecular complexity index is 335. The molecule has 0 bridgehead atoms. The molecule has 4 heteroatoms. The summed E-state index contributed by atoms with van der Waals surface area (Å²) in [6.45, 7) is 2.20. The zero-order valence-electron chi connectivity index (χ0n) is 9.56. The zero-order chi connectivity index (χ0) is 12.0. The van der Waals surface area contributed by atoms with Gasteiger partial charge in [0.05, 0.1) is 6.61 Å². The number of hydrogen-bond acceptors (Lipinski definition) is 3. The Kier molecular flexibility index (Phi) is 4.95. The number of carbonyl (C=O) groups is 1. The summed E-state index contributed by atoms with van der Waals surface area (Å²) in [4.78, 5) is 11.4. The number of nitrogens with one attached hydrogen (secondary N) is 1. The molecule has 1 amide bonds. The van der Waals surface area contributed by atoms with E-state index < -0.39 is 6.10 Å². The second kappa shape index (κ2) is 6.25. The third-order valence-corrected chi connectivity index (χ3v) is 2.40. The summed E-state index contributed by atoms with van der Waals surface area (Å²) in [6, 6.07) is 7.43. The van der Waals surface area contributed by atoms with Crippen molar-refractivity contribution in [1.82, 2.24) is 5.32 Å². The highest BCUT2D eigenvalue weighted by atomic mass is 16.5. The van der Waals surface area contributed by atoms with Crippen molar-refractivity contribution in [2.24, 2.45) is 0 Å². The number of hydrogen-bond donors (Lipinski definition) is 2. The summed E-state index contributed by atoms with van der Waals surface area (Å²) in [7, 11) is 1.50. The molecule has 0 aliphatic rings. The highest BCUT2D eigenvalue weighted by Gasteiger charge is 2.10. The van der Waals surface area contributed by atoms with E-state index in [4.69, 9.17) is 9.84 Å². The Hall–Kier alpha value is -1.39. The molecular weight excluding hydrogens is 206 g/mol. The van der Waals surface area contributed by atoms with Crippen molar-refractivity contribution < 1.29 is 14.6 Å². The van der Waals surface area contributed by atoms with Crippen LogP contribution in [-0.2, 0) is 22.7 Å². The average Bonchev–Trinajstić information content (AvgIpc) is 2.35. The lowest BCUT2D eigenvalue weighted by molar-refractivity contribution is -0.130. The first-order chi connectivity index (χ1) is 7.67. The quantitative estimate of drug-likeness (QED) is 0.777. The van der Waals surface area contributed by atoms with Crippen LogP contribution >= 0.6 is 0 Å². The minimum Gasteiger partial charge on any atom is -0.392 e. The van der Waals surface area contributed by atoms with Crippen LogP contribution in [0.15, 0.2) is 24.3 Å². The van der Waals surface area contributed by atoms with Gasteiger partial charge in [-0.1, -0.05) is 24.3 Å². The molecule has 1 aromatic rings. The van der Waals surface area contributed by atoms with Crippen molar-refractivity contribution in [2.45, 2.75) is 26.2 Å². The lowest BCUT2D eigenvalue weighted by atomic mass is 10.1. The van der Waals surface area contributed by atoms with Gasteiger partial charge in [-0.25, -0.2) is 0 Å². The molecule has 0 heterocycles. The van der Waals surface area contributed by atoms with E-state index in [1.54, 1.807) is 6.92 Å². The second-order valence-corrected chi connectivity index (χ2v) is 3.57. The first-order valence-electron chi connectivity index (χ1n) is 5.16. The van der Waals surface area contributed by atoms with Crippen LogP contribution < -0.4 is 5.32 Å². The third-order valence-electron chi connectivity index (χ3n) is 2.40. The van der Waals surface area contributed by atoms with Crippen LogP contribution in [0.5, 0.6) is 0 Å². The third kappa shape index (κ3) is 3.64. The summed E-state index contributed by atoms with van der Waals surface area (Å²) in [5.41, 5.74) is 1.86. The van der Waals surface area contributed by atoms with E-state index in [1.165, 1.54) is 7.11 Å². The molecule has 0 fully saturated rings. The van der Waals surface area contributed by atoms with Gasteiger partial charge in [0.15, 0.2) is 0 Å². The molecule has 0 aliphatic carbocycles. The Morgan fingerprint density at radius 3 is 2.44 bits per heavy atom. The summed E-state index contributed by atoms with van der Waals surface area (Å²) in [5, 5.41) is 11.6. The zero-order valence-corrected chi connectivity index (χ0v) is 9.56. The van der Waals surface area contributed by atoms with Gasteiger partial charge in [-0.2, -0.15) is 0 Å². The van der Waals surface area contributed by atoms with Crippen LogP contribution in [-0.4, -0.2) is 24.2 Å². The number of benzene rings is 1. The molecule has 0 saturated heterocycles. The summed E-state index contributed by atoms with van der Waals surface area (Å²) in [5.74, 6) is -0.131. The van der Waals surface area contributed by atoms with Gasteiger partial charge in [0.25, 0.3) is 0 Å². The Balaban J connectivity index is 2.45. The predicted octanol–water partition coefficient (Wildman–Crippen LogP) is 0.830. The maximum Gasteiger partial charge on any atom is 0.249 e. The molecule has 2 N–H and O–H groups in total. The first kappa shape index (κ1) is 12.7. The molecule has 16 heavy (non-hydrogen) atoms. The topological polar surface area (TPSA) is 58.6 Å². The van der Waals surface area contributed by atoms with Gasteiger partial charge in [-0.3, -0.25) is 4.79 Å². The molecule has 1 rings (SSSR count). The number of ether oxygens (including phenoxy) is 1. The fourth-order valence-electron chi connectivity index (χ4n) is 1.20. The van der Waals surface area contributed by atoms with Gasteiger partial charge in [0.1, 0.15) is 6.10 Å². The number of aliphatic hydroxyl groups excluding tert-OH is 1. The van der Waals surface area contributed by atoms with Gasteiger partial charge >= 0.3 is 0 Å². The van der Waals surface area contributed by atoms with Crippen molar-refractivity contribution in [3.8, 4) is 0 Å². The second-order valence-electron chi connectivity index (χ2n) is 3.57. The highest BCUT2D eigenvalue weighted by Crippen LogP contribution is 2.04. The normalized spacial score (nSPS) is 12.2. The van der Waals surface area contributed by atoms with Crippen LogP contribution in [0.1, 0.15) is 18.1 Å². The standard InChI is InChI=1S/C12H17NO3/c1-9(16-2)12(15)13-7-10-3-5-11(8-14)6-4-10/h3-6,9,14H,7-8H2,1-2H3,(H,13,15). The van der Waals surface area contributed by atoms with Gasteiger partial charge in [-0.05, 0) is 18.1 Å². The maximum atomic E-state index is 11.4. The Morgan fingerprint density at radius 1 is 1.38 bits per heavy atom. The van der Waals surface area contributed by atoms with Gasteiger partial charge < -0.3 is 15.2 Å². The van der Waals surface area contributed by atoms with Crippen LogP contribution in [0.4, 0.5) is 0 Å². The molecule has 0 aromatic heterocycles. The Labute approximate surface area is 95.2 Å². The molecule has 1 unspecified atom stereocenters. The molecule has 0 radical (unpaired) electrons. The van der Waals surface area contributed by atoms with Gasteiger partial charge in [0, 0.05) is 13.7 Å². The molecule has 1 atom stereocenters. The fraction of sp³-hybridized carbons (Fsp3) is 0.417. The van der Waals surface area contributed by atoms with E-state index >= 15 is 0 Å². The number of amides is 1. The van der Waals surface area contributed by atoms with Gasteiger partial charge in [0.2, 0.25) is 5.91 Å². The molecule has 0 aliphatic heterocycles. The van der Waals surface area contributed by atoms with Crippen LogP contribution in [0.25, 0.3) is 0 Å².